The van der Waals surface area contributed by atoms with E-state index in [1.807, 2.05) is 52.0 Å². The zero-order valence-electron chi connectivity index (χ0n) is 18.8. The second-order valence-electron chi connectivity index (χ2n) is 8.47. The van der Waals surface area contributed by atoms with Crippen LogP contribution in [0.2, 0.25) is 0 Å². The third-order valence-corrected chi connectivity index (χ3v) is 5.49. The standard InChI is InChI=1S/C24H27N3O4S/c1-15-7-6-8-19(13-15)30-14-20-26-27-23(31-20)32-16(2)21(28)17-9-11-18(12-10-17)25-22(29)24(3,4)5/h6-13,16H,14H2,1-5H3,(H,25,29). The lowest BCUT2D eigenvalue weighted by Gasteiger charge is -2.17. The lowest BCUT2D eigenvalue weighted by Crippen LogP contribution is -2.27. The van der Waals surface area contributed by atoms with E-state index in [0.29, 0.717) is 22.4 Å². The first-order chi connectivity index (χ1) is 15.1. The SMILES string of the molecule is Cc1cccc(OCc2nnc(SC(C)C(=O)c3ccc(NC(=O)C(C)(C)C)cc3)o2)c1. The van der Waals surface area contributed by atoms with Gasteiger partial charge in [0.25, 0.3) is 11.1 Å². The largest absolute Gasteiger partial charge is 0.484 e. The number of hydrogen-bond acceptors (Lipinski definition) is 7. The molecule has 1 heterocycles. The number of aromatic nitrogens is 2. The number of nitrogens with zero attached hydrogens (tertiary/aromatic N) is 2. The van der Waals surface area contributed by atoms with Crippen molar-refractivity contribution < 1.29 is 18.7 Å². The molecule has 32 heavy (non-hydrogen) atoms. The van der Waals surface area contributed by atoms with Crippen LogP contribution >= 0.6 is 11.8 Å². The first kappa shape index (κ1) is 23.5. The second kappa shape index (κ2) is 9.99. The quantitative estimate of drug-likeness (QED) is 0.365. The lowest BCUT2D eigenvalue weighted by molar-refractivity contribution is -0.123. The predicted octanol–water partition coefficient (Wildman–Crippen LogP) is 5.31. The molecule has 0 radical (unpaired) electrons. The van der Waals surface area contributed by atoms with Gasteiger partial charge in [-0.2, -0.15) is 0 Å². The van der Waals surface area contributed by atoms with Crippen LogP contribution in [0, 0.1) is 12.3 Å². The van der Waals surface area contributed by atoms with Gasteiger partial charge in [0.05, 0.1) is 5.25 Å². The average molecular weight is 454 g/mol. The number of hydrogen-bond donors (Lipinski definition) is 1. The molecule has 0 saturated carbocycles. The number of carbonyl (C=O) groups excluding carboxylic acids is 2. The number of anilines is 1. The molecule has 1 unspecified atom stereocenters. The van der Waals surface area contributed by atoms with Gasteiger partial charge in [-0.1, -0.05) is 44.7 Å². The molecule has 7 nitrogen and oxygen atoms in total. The van der Waals surface area contributed by atoms with Gasteiger partial charge in [-0.15, -0.1) is 10.2 Å². The van der Waals surface area contributed by atoms with Crippen molar-refractivity contribution >= 4 is 29.1 Å². The van der Waals surface area contributed by atoms with E-state index in [2.05, 4.69) is 15.5 Å². The summed E-state index contributed by atoms with van der Waals surface area (Å²) in [7, 11) is 0. The highest BCUT2D eigenvalue weighted by atomic mass is 32.2. The molecule has 0 fully saturated rings. The zero-order chi connectivity index (χ0) is 23.3. The summed E-state index contributed by atoms with van der Waals surface area (Å²) in [5.41, 5.74) is 1.80. The van der Waals surface area contributed by atoms with Crippen molar-refractivity contribution in [3.05, 3.63) is 65.5 Å². The summed E-state index contributed by atoms with van der Waals surface area (Å²) < 4.78 is 11.3. The van der Waals surface area contributed by atoms with Gasteiger partial charge >= 0.3 is 0 Å². The molecule has 0 aliphatic rings. The van der Waals surface area contributed by atoms with E-state index in [9.17, 15) is 9.59 Å². The molecule has 0 aliphatic heterocycles. The molecule has 1 N–H and O–H groups in total. The molecule has 0 aliphatic carbocycles. The number of Topliss-reactive ketones (excluding diaryl/α,β-unsaturated/α-hetero) is 1. The van der Waals surface area contributed by atoms with Gasteiger partial charge in [-0.3, -0.25) is 9.59 Å². The summed E-state index contributed by atoms with van der Waals surface area (Å²) in [6.45, 7) is 9.46. The molecule has 0 bridgehead atoms. The Hall–Kier alpha value is -3.13. The molecule has 0 spiro atoms. The number of rotatable bonds is 8. The van der Waals surface area contributed by atoms with Gasteiger partial charge in [-0.05, 0) is 55.8 Å². The molecule has 3 aromatic rings. The first-order valence-electron chi connectivity index (χ1n) is 10.3. The van der Waals surface area contributed by atoms with E-state index in [4.69, 9.17) is 9.15 Å². The summed E-state index contributed by atoms with van der Waals surface area (Å²) in [5.74, 6) is 0.911. The molecule has 168 valence electrons. The molecule has 2 aromatic carbocycles. The van der Waals surface area contributed by atoms with Crippen LogP contribution in [0.4, 0.5) is 5.69 Å². The molecule has 8 heteroatoms. The number of carbonyl (C=O) groups is 2. The third-order valence-electron chi connectivity index (χ3n) is 4.56. The number of nitrogens with one attached hydrogen (secondary N) is 1. The number of amides is 1. The van der Waals surface area contributed by atoms with Crippen LogP contribution in [0.1, 0.15) is 49.5 Å². The number of benzene rings is 2. The Morgan fingerprint density at radius 1 is 1.12 bits per heavy atom. The lowest BCUT2D eigenvalue weighted by atomic mass is 9.95. The highest BCUT2D eigenvalue weighted by Gasteiger charge is 2.22. The summed E-state index contributed by atoms with van der Waals surface area (Å²) >= 11 is 1.19. The van der Waals surface area contributed by atoms with Crippen molar-refractivity contribution in [3.8, 4) is 5.75 Å². The predicted molar refractivity (Wildman–Crippen MR) is 124 cm³/mol. The van der Waals surface area contributed by atoms with Crippen molar-refractivity contribution in [2.75, 3.05) is 5.32 Å². The highest BCUT2D eigenvalue weighted by molar-refractivity contribution is 8.00. The number of ether oxygens (including phenoxy) is 1. The van der Waals surface area contributed by atoms with Gasteiger partial charge in [0, 0.05) is 16.7 Å². The molecule has 0 saturated heterocycles. The fourth-order valence-electron chi connectivity index (χ4n) is 2.67. The molecular formula is C24H27N3O4S. The molecular weight excluding hydrogens is 426 g/mol. The van der Waals surface area contributed by atoms with Gasteiger partial charge < -0.3 is 14.5 Å². The van der Waals surface area contributed by atoms with E-state index in [0.717, 1.165) is 11.3 Å². The first-order valence-corrected chi connectivity index (χ1v) is 11.1. The maximum absolute atomic E-state index is 12.8. The smallest absolute Gasteiger partial charge is 0.277 e. The van der Waals surface area contributed by atoms with Crippen LogP contribution in [-0.4, -0.2) is 27.1 Å². The van der Waals surface area contributed by atoms with E-state index in [1.165, 1.54) is 11.8 Å². The Kier molecular flexibility index (Phi) is 7.35. The Morgan fingerprint density at radius 3 is 2.50 bits per heavy atom. The van der Waals surface area contributed by atoms with Crippen molar-refractivity contribution in [3.63, 3.8) is 0 Å². The highest BCUT2D eigenvalue weighted by Crippen LogP contribution is 2.26. The van der Waals surface area contributed by atoms with E-state index in [1.54, 1.807) is 31.2 Å². The molecule has 3 rings (SSSR count). The summed E-state index contributed by atoms with van der Waals surface area (Å²) in [4.78, 5) is 24.9. The van der Waals surface area contributed by atoms with Crippen LogP contribution in [-0.2, 0) is 11.4 Å². The van der Waals surface area contributed by atoms with Crippen molar-refractivity contribution in [1.29, 1.82) is 0 Å². The third kappa shape index (κ3) is 6.43. The minimum atomic E-state index is -0.492. The van der Waals surface area contributed by atoms with E-state index < -0.39 is 10.7 Å². The molecule has 1 aromatic heterocycles. The van der Waals surface area contributed by atoms with Crippen LogP contribution in [0.3, 0.4) is 0 Å². The Labute approximate surface area is 192 Å². The molecule has 1 atom stereocenters. The van der Waals surface area contributed by atoms with Crippen molar-refractivity contribution in [1.82, 2.24) is 10.2 Å². The number of ketones is 1. The monoisotopic (exact) mass is 453 g/mol. The minimum Gasteiger partial charge on any atom is -0.484 e. The fourth-order valence-corrected chi connectivity index (χ4v) is 3.45. The summed E-state index contributed by atoms with van der Waals surface area (Å²) in [6.07, 6.45) is 0. The Bertz CT molecular complexity index is 1090. The number of aryl methyl sites for hydroxylation is 1. The Morgan fingerprint density at radius 2 is 1.84 bits per heavy atom. The number of thioether (sulfide) groups is 1. The summed E-state index contributed by atoms with van der Waals surface area (Å²) in [6, 6.07) is 14.5. The maximum Gasteiger partial charge on any atom is 0.277 e. The van der Waals surface area contributed by atoms with Gasteiger partial charge in [0.1, 0.15) is 5.75 Å². The topological polar surface area (TPSA) is 94.3 Å². The average Bonchev–Trinajstić information content (AvgIpc) is 3.19. The normalized spacial score (nSPS) is 12.3. The summed E-state index contributed by atoms with van der Waals surface area (Å²) in [5, 5.41) is 10.7. The maximum atomic E-state index is 12.8. The van der Waals surface area contributed by atoms with Crippen molar-refractivity contribution in [2.24, 2.45) is 5.41 Å². The van der Waals surface area contributed by atoms with E-state index in [-0.39, 0.29) is 18.3 Å². The zero-order valence-corrected chi connectivity index (χ0v) is 19.7. The van der Waals surface area contributed by atoms with Gasteiger partial charge in [-0.25, -0.2) is 0 Å². The second-order valence-corrected chi connectivity index (χ2v) is 9.76. The van der Waals surface area contributed by atoms with Gasteiger partial charge in [0.15, 0.2) is 12.4 Å². The van der Waals surface area contributed by atoms with Crippen LogP contribution in [0.25, 0.3) is 0 Å². The Balaban J connectivity index is 1.54. The van der Waals surface area contributed by atoms with Crippen molar-refractivity contribution in [2.45, 2.75) is 51.7 Å². The molecule has 1 amide bonds. The van der Waals surface area contributed by atoms with E-state index >= 15 is 0 Å². The fraction of sp³-hybridized carbons (Fsp3) is 0.333. The van der Waals surface area contributed by atoms with Crippen LogP contribution in [0.15, 0.2) is 58.2 Å². The van der Waals surface area contributed by atoms with Crippen LogP contribution in [0.5, 0.6) is 5.75 Å². The van der Waals surface area contributed by atoms with Gasteiger partial charge in [0.2, 0.25) is 5.91 Å². The van der Waals surface area contributed by atoms with Crippen LogP contribution < -0.4 is 10.1 Å². The minimum absolute atomic E-state index is 0.0699.